The number of rotatable bonds is 6. The summed E-state index contributed by atoms with van der Waals surface area (Å²) in [6, 6.07) is 6.79. The van der Waals surface area contributed by atoms with Crippen molar-refractivity contribution in [3.8, 4) is 0 Å². The number of sulfonamides is 1. The maximum atomic E-state index is 12.7. The van der Waals surface area contributed by atoms with Crippen molar-refractivity contribution in [1.82, 2.24) is 9.73 Å². The standard InChI is InChI=1S/C23H35N3O4S/c1-23(2,3)19-7-9-20(10-8-19)24-25-22(27)13-6-18-4-11-21(12-5-18)31(28,29)26-14-16-30-17-15-26/h4-5,11-12,19H,6-10,13-17H2,1-3H3,(H,25,27). The van der Waals surface area contributed by atoms with E-state index < -0.39 is 10.0 Å². The molecule has 3 rings (SSSR count). The minimum atomic E-state index is -3.49. The van der Waals surface area contributed by atoms with Gasteiger partial charge in [-0.3, -0.25) is 4.79 Å². The molecule has 0 bridgehead atoms. The summed E-state index contributed by atoms with van der Waals surface area (Å²) in [6.07, 6.45) is 5.00. The monoisotopic (exact) mass is 449 g/mol. The molecule has 7 nitrogen and oxygen atoms in total. The molecule has 1 saturated heterocycles. The second-order valence-corrected chi connectivity index (χ2v) is 11.5. The van der Waals surface area contributed by atoms with Crippen molar-refractivity contribution in [2.45, 2.75) is 64.2 Å². The fourth-order valence-electron chi connectivity index (χ4n) is 4.15. The molecule has 2 fully saturated rings. The first kappa shape index (κ1) is 23.9. The minimum Gasteiger partial charge on any atom is -0.379 e. The summed E-state index contributed by atoms with van der Waals surface area (Å²) in [6.45, 7) is 8.46. The van der Waals surface area contributed by atoms with Gasteiger partial charge in [0.2, 0.25) is 15.9 Å². The van der Waals surface area contributed by atoms with E-state index >= 15 is 0 Å². The van der Waals surface area contributed by atoms with Crippen LogP contribution in [0.2, 0.25) is 0 Å². The molecular weight excluding hydrogens is 414 g/mol. The molecule has 31 heavy (non-hydrogen) atoms. The third-order valence-corrected chi connectivity index (χ3v) is 8.21. The van der Waals surface area contributed by atoms with E-state index in [9.17, 15) is 13.2 Å². The Morgan fingerprint density at radius 3 is 2.32 bits per heavy atom. The maximum absolute atomic E-state index is 12.7. The minimum absolute atomic E-state index is 0.115. The number of ether oxygens (including phenoxy) is 1. The number of hydrogen-bond acceptors (Lipinski definition) is 5. The molecule has 0 aromatic heterocycles. The van der Waals surface area contributed by atoms with E-state index in [4.69, 9.17) is 4.74 Å². The van der Waals surface area contributed by atoms with Gasteiger partial charge in [0.1, 0.15) is 0 Å². The van der Waals surface area contributed by atoms with Crippen LogP contribution in [0, 0.1) is 11.3 Å². The largest absolute Gasteiger partial charge is 0.379 e. The first-order valence-corrected chi connectivity index (χ1v) is 12.6. The fraction of sp³-hybridized carbons (Fsp3) is 0.652. The second-order valence-electron chi connectivity index (χ2n) is 9.51. The molecular formula is C23H35N3O4S. The number of carbonyl (C=O) groups excluding carboxylic acids is 1. The lowest BCUT2D eigenvalue weighted by atomic mass is 9.72. The van der Waals surface area contributed by atoms with Crippen LogP contribution in [-0.4, -0.2) is 50.6 Å². The predicted octanol–water partition coefficient (Wildman–Crippen LogP) is 3.35. The number of nitrogens with zero attached hydrogens (tertiary/aromatic N) is 2. The molecule has 1 aliphatic carbocycles. The van der Waals surface area contributed by atoms with E-state index in [0.29, 0.717) is 50.5 Å². The Hall–Kier alpha value is -1.77. The topological polar surface area (TPSA) is 88.1 Å². The number of amides is 1. The number of nitrogens with one attached hydrogen (secondary N) is 1. The predicted molar refractivity (Wildman–Crippen MR) is 121 cm³/mol. The van der Waals surface area contributed by atoms with Crippen LogP contribution in [0.3, 0.4) is 0 Å². The van der Waals surface area contributed by atoms with E-state index in [1.54, 1.807) is 24.3 Å². The normalized spacial score (nSPS) is 21.0. The van der Waals surface area contributed by atoms with Crippen LogP contribution < -0.4 is 5.43 Å². The lowest BCUT2D eigenvalue weighted by Crippen LogP contribution is -2.40. The van der Waals surface area contributed by atoms with E-state index in [0.717, 1.165) is 37.0 Å². The summed E-state index contributed by atoms with van der Waals surface area (Å²) in [5, 5.41) is 4.33. The summed E-state index contributed by atoms with van der Waals surface area (Å²) < 4.78 is 32.0. The Bertz CT molecular complexity index is 872. The highest BCUT2D eigenvalue weighted by Crippen LogP contribution is 2.36. The molecule has 8 heteroatoms. The van der Waals surface area contributed by atoms with E-state index in [1.165, 1.54) is 4.31 Å². The number of hydrazone groups is 1. The van der Waals surface area contributed by atoms with Crippen molar-refractivity contribution in [2.75, 3.05) is 26.3 Å². The van der Waals surface area contributed by atoms with Gasteiger partial charge in [0.05, 0.1) is 18.1 Å². The molecule has 0 unspecified atom stereocenters. The van der Waals surface area contributed by atoms with E-state index in [1.807, 2.05) is 0 Å². The Morgan fingerprint density at radius 1 is 1.13 bits per heavy atom. The Morgan fingerprint density at radius 2 is 1.74 bits per heavy atom. The number of morpholine rings is 1. The average molecular weight is 450 g/mol. The first-order chi connectivity index (χ1) is 14.7. The van der Waals surface area contributed by atoms with Crippen molar-refractivity contribution in [2.24, 2.45) is 16.4 Å². The third-order valence-electron chi connectivity index (χ3n) is 6.30. The molecule has 1 aliphatic heterocycles. The molecule has 1 amide bonds. The molecule has 2 aliphatic rings. The van der Waals surface area contributed by atoms with Crippen LogP contribution >= 0.6 is 0 Å². The highest BCUT2D eigenvalue weighted by Gasteiger charge is 2.28. The van der Waals surface area contributed by atoms with Gasteiger partial charge in [0.15, 0.2) is 0 Å². The summed E-state index contributed by atoms with van der Waals surface area (Å²) >= 11 is 0. The summed E-state index contributed by atoms with van der Waals surface area (Å²) in [4.78, 5) is 12.5. The maximum Gasteiger partial charge on any atom is 0.243 e. The first-order valence-electron chi connectivity index (χ1n) is 11.2. The number of aryl methyl sites for hydroxylation is 1. The highest BCUT2D eigenvalue weighted by molar-refractivity contribution is 7.89. The summed E-state index contributed by atoms with van der Waals surface area (Å²) in [5.41, 5.74) is 5.02. The van der Waals surface area contributed by atoms with Gasteiger partial charge in [-0.25, -0.2) is 13.8 Å². The van der Waals surface area contributed by atoms with E-state index in [-0.39, 0.29) is 10.8 Å². The molecule has 1 aromatic carbocycles. The van der Waals surface area contributed by atoms with Crippen molar-refractivity contribution in [1.29, 1.82) is 0 Å². The van der Waals surface area contributed by atoms with Crippen molar-refractivity contribution < 1.29 is 17.9 Å². The highest BCUT2D eigenvalue weighted by atomic mass is 32.2. The van der Waals surface area contributed by atoms with Crippen LogP contribution in [-0.2, 0) is 26.0 Å². The molecule has 172 valence electrons. The third kappa shape index (κ3) is 6.60. The van der Waals surface area contributed by atoms with Gasteiger partial charge in [-0.1, -0.05) is 32.9 Å². The van der Waals surface area contributed by atoms with Crippen LogP contribution in [0.4, 0.5) is 0 Å². The molecule has 1 aromatic rings. The Kier molecular flexibility index (Phi) is 7.88. The SMILES string of the molecule is CC(C)(C)C1CCC(=NNC(=O)CCc2ccc(S(=O)(=O)N3CCOCC3)cc2)CC1. The quantitative estimate of drug-likeness (QED) is 0.675. The molecule has 0 spiro atoms. The van der Waals surface area contributed by atoms with E-state index in [2.05, 4.69) is 31.3 Å². The zero-order valence-corrected chi connectivity index (χ0v) is 19.7. The molecule has 1 N–H and O–H groups in total. The van der Waals surface area contributed by atoms with Crippen LogP contribution in [0.15, 0.2) is 34.3 Å². The molecule has 0 atom stereocenters. The fourth-order valence-corrected chi connectivity index (χ4v) is 5.56. The van der Waals surface area contributed by atoms with Gasteiger partial charge in [-0.05, 0) is 61.1 Å². The smallest absolute Gasteiger partial charge is 0.243 e. The van der Waals surface area contributed by atoms with Gasteiger partial charge < -0.3 is 4.74 Å². The van der Waals surface area contributed by atoms with Gasteiger partial charge >= 0.3 is 0 Å². The van der Waals surface area contributed by atoms with Crippen LogP contribution in [0.25, 0.3) is 0 Å². The summed E-state index contributed by atoms with van der Waals surface area (Å²) in [7, 11) is -3.49. The molecule has 1 saturated carbocycles. The number of hydrogen-bond donors (Lipinski definition) is 1. The lowest BCUT2D eigenvalue weighted by molar-refractivity contribution is -0.121. The zero-order valence-electron chi connectivity index (χ0n) is 18.9. The summed E-state index contributed by atoms with van der Waals surface area (Å²) in [5.74, 6) is 0.590. The van der Waals surface area contributed by atoms with Crippen LogP contribution in [0.5, 0.6) is 0 Å². The van der Waals surface area contributed by atoms with Gasteiger partial charge in [-0.15, -0.1) is 0 Å². The van der Waals surface area contributed by atoms with Gasteiger partial charge in [0.25, 0.3) is 0 Å². The second kappa shape index (κ2) is 10.2. The average Bonchev–Trinajstić information content (AvgIpc) is 2.77. The zero-order chi connectivity index (χ0) is 22.5. The Labute approximate surface area is 186 Å². The lowest BCUT2D eigenvalue weighted by Gasteiger charge is -2.34. The van der Waals surface area contributed by atoms with Crippen molar-refractivity contribution in [3.63, 3.8) is 0 Å². The van der Waals surface area contributed by atoms with Crippen molar-refractivity contribution >= 4 is 21.6 Å². The van der Waals surface area contributed by atoms with Crippen LogP contribution in [0.1, 0.15) is 58.4 Å². The molecule has 1 heterocycles. The van der Waals surface area contributed by atoms with Crippen molar-refractivity contribution in [3.05, 3.63) is 29.8 Å². The number of benzene rings is 1. The van der Waals surface area contributed by atoms with Gasteiger partial charge in [-0.2, -0.15) is 9.41 Å². The number of carbonyl (C=O) groups is 1. The van der Waals surface area contributed by atoms with Gasteiger partial charge in [0, 0.05) is 25.2 Å². The molecule has 0 radical (unpaired) electrons. The Balaban J connectivity index is 1.45.